The highest BCUT2D eigenvalue weighted by Gasteiger charge is 2.54. The van der Waals surface area contributed by atoms with Crippen molar-refractivity contribution in [1.29, 1.82) is 0 Å². The third-order valence-electron chi connectivity index (χ3n) is 6.04. The Morgan fingerprint density at radius 3 is 2.52 bits per heavy atom. The van der Waals surface area contributed by atoms with Crippen LogP contribution in [0.15, 0.2) is 12.4 Å². The molecule has 2 heterocycles. The lowest BCUT2D eigenvalue weighted by atomic mass is 9.65. The number of urea groups is 1. The van der Waals surface area contributed by atoms with Crippen LogP contribution < -0.4 is 10.6 Å². The molecule has 0 atom stereocenters. The predicted molar refractivity (Wildman–Crippen MR) is 96.2 cm³/mol. The molecule has 1 saturated carbocycles. The molecule has 0 spiro atoms. The molecule has 1 aromatic heterocycles. The molecule has 1 aromatic rings. The van der Waals surface area contributed by atoms with Crippen LogP contribution >= 0.6 is 0 Å². The quantitative estimate of drug-likeness (QED) is 0.878. The van der Waals surface area contributed by atoms with Gasteiger partial charge in [0, 0.05) is 29.7 Å². The van der Waals surface area contributed by atoms with Crippen molar-refractivity contribution in [2.45, 2.75) is 71.5 Å². The van der Waals surface area contributed by atoms with Crippen molar-refractivity contribution in [1.82, 2.24) is 20.0 Å². The Kier molecular flexibility index (Phi) is 4.51. The second-order valence-electron chi connectivity index (χ2n) is 8.43. The number of amides is 3. The van der Waals surface area contributed by atoms with Crippen molar-refractivity contribution in [2.75, 3.05) is 11.9 Å². The highest BCUT2D eigenvalue weighted by molar-refractivity contribution is 5.90. The molecule has 7 heteroatoms. The van der Waals surface area contributed by atoms with E-state index < -0.39 is 0 Å². The van der Waals surface area contributed by atoms with Gasteiger partial charge in [-0.2, -0.15) is 5.10 Å². The third-order valence-corrected chi connectivity index (χ3v) is 6.04. The van der Waals surface area contributed by atoms with Gasteiger partial charge in [-0.1, -0.05) is 26.7 Å². The number of carbonyl (C=O) groups excluding carboxylic acids is 2. The smallest absolute Gasteiger partial charge is 0.322 e. The molecule has 2 fully saturated rings. The highest BCUT2D eigenvalue weighted by atomic mass is 16.2. The van der Waals surface area contributed by atoms with E-state index in [2.05, 4.69) is 43.4 Å². The second-order valence-corrected chi connectivity index (χ2v) is 8.43. The van der Waals surface area contributed by atoms with Gasteiger partial charge in [0.15, 0.2) is 0 Å². The molecule has 0 unspecified atom stereocenters. The summed E-state index contributed by atoms with van der Waals surface area (Å²) in [6, 6.07) is 0.179. The lowest BCUT2D eigenvalue weighted by Crippen LogP contribution is -2.71. The van der Waals surface area contributed by atoms with E-state index in [9.17, 15) is 9.59 Å². The number of nitrogens with one attached hydrogen (secondary N) is 2. The zero-order valence-electron chi connectivity index (χ0n) is 15.6. The molecule has 0 bridgehead atoms. The van der Waals surface area contributed by atoms with Gasteiger partial charge in [0.25, 0.3) is 0 Å². The van der Waals surface area contributed by atoms with Crippen molar-refractivity contribution >= 4 is 17.6 Å². The molecule has 0 aromatic carbocycles. The summed E-state index contributed by atoms with van der Waals surface area (Å²) in [7, 11) is 0. The summed E-state index contributed by atoms with van der Waals surface area (Å²) in [5.74, 6) is -0.0292. The monoisotopic (exact) mass is 347 g/mol. The van der Waals surface area contributed by atoms with Crippen LogP contribution in [0.2, 0.25) is 0 Å². The van der Waals surface area contributed by atoms with E-state index in [1.165, 1.54) is 12.8 Å². The molecule has 25 heavy (non-hydrogen) atoms. The third kappa shape index (κ3) is 3.50. The minimum atomic E-state index is -0.186. The average Bonchev–Trinajstić information content (AvgIpc) is 3.17. The van der Waals surface area contributed by atoms with Crippen molar-refractivity contribution in [2.24, 2.45) is 5.41 Å². The molecule has 138 valence electrons. The van der Waals surface area contributed by atoms with Crippen molar-refractivity contribution in [3.8, 4) is 0 Å². The van der Waals surface area contributed by atoms with Crippen molar-refractivity contribution < 1.29 is 9.59 Å². The molecule has 3 rings (SSSR count). The van der Waals surface area contributed by atoms with Crippen LogP contribution in [0, 0.1) is 5.41 Å². The minimum Gasteiger partial charge on any atom is -0.352 e. The van der Waals surface area contributed by atoms with E-state index in [-0.39, 0.29) is 29.4 Å². The highest BCUT2D eigenvalue weighted by Crippen LogP contribution is 2.46. The first-order valence-corrected chi connectivity index (χ1v) is 9.09. The zero-order chi connectivity index (χ0) is 18.2. The maximum absolute atomic E-state index is 12.5. The van der Waals surface area contributed by atoms with Gasteiger partial charge in [-0.3, -0.25) is 9.48 Å². The SMILES string of the molecule is CC1(C)CN(C(=O)Nc2cnn(CC(=O)NC3CCCC3)c2)C1(C)C. The molecule has 2 N–H and O–H groups in total. The molecule has 0 radical (unpaired) electrons. The topological polar surface area (TPSA) is 79.3 Å². The van der Waals surface area contributed by atoms with Gasteiger partial charge < -0.3 is 15.5 Å². The van der Waals surface area contributed by atoms with Crippen LogP contribution in [0.1, 0.15) is 53.4 Å². The maximum atomic E-state index is 12.5. The van der Waals surface area contributed by atoms with Crippen molar-refractivity contribution in [3.63, 3.8) is 0 Å². The lowest BCUT2D eigenvalue weighted by Gasteiger charge is -2.60. The van der Waals surface area contributed by atoms with E-state index in [4.69, 9.17) is 0 Å². The van der Waals surface area contributed by atoms with E-state index in [1.54, 1.807) is 17.1 Å². The molecule has 2 aliphatic rings. The zero-order valence-corrected chi connectivity index (χ0v) is 15.6. The van der Waals surface area contributed by atoms with E-state index in [0.717, 1.165) is 19.4 Å². The van der Waals surface area contributed by atoms with Gasteiger partial charge in [0.2, 0.25) is 5.91 Å². The number of nitrogens with zero attached hydrogens (tertiary/aromatic N) is 3. The fourth-order valence-corrected chi connectivity index (χ4v) is 3.58. The molecule has 3 amide bonds. The molecule has 1 aliphatic heterocycles. The van der Waals surface area contributed by atoms with E-state index >= 15 is 0 Å². The van der Waals surface area contributed by atoms with Gasteiger partial charge in [0.05, 0.1) is 11.9 Å². The van der Waals surface area contributed by atoms with Gasteiger partial charge in [-0.15, -0.1) is 0 Å². The summed E-state index contributed by atoms with van der Waals surface area (Å²) < 4.78 is 1.56. The number of hydrogen-bond donors (Lipinski definition) is 2. The lowest BCUT2D eigenvalue weighted by molar-refractivity contribution is -0.122. The van der Waals surface area contributed by atoms with Crippen LogP contribution in [-0.2, 0) is 11.3 Å². The van der Waals surface area contributed by atoms with Gasteiger partial charge in [-0.05, 0) is 26.7 Å². The summed E-state index contributed by atoms with van der Waals surface area (Å²) in [6.07, 6.45) is 7.78. The van der Waals surface area contributed by atoms with Crippen LogP contribution in [0.3, 0.4) is 0 Å². The number of rotatable bonds is 4. The van der Waals surface area contributed by atoms with Crippen LogP contribution in [0.25, 0.3) is 0 Å². The Bertz CT molecular complexity index is 658. The normalized spacial score (nSPS) is 21.7. The number of hydrogen-bond acceptors (Lipinski definition) is 3. The number of anilines is 1. The average molecular weight is 347 g/mol. The summed E-state index contributed by atoms with van der Waals surface area (Å²) in [6.45, 7) is 9.38. The molecule has 1 aliphatic carbocycles. The summed E-state index contributed by atoms with van der Waals surface area (Å²) >= 11 is 0. The van der Waals surface area contributed by atoms with E-state index in [1.807, 2.05) is 4.90 Å². The first kappa shape index (κ1) is 17.8. The summed E-state index contributed by atoms with van der Waals surface area (Å²) in [5.41, 5.74) is 0.528. The fourth-order valence-electron chi connectivity index (χ4n) is 3.58. The van der Waals surface area contributed by atoms with E-state index in [0.29, 0.717) is 11.7 Å². The Labute approximate surface area is 149 Å². The summed E-state index contributed by atoms with van der Waals surface area (Å²) in [5, 5.41) is 10.1. The second kappa shape index (κ2) is 6.35. The van der Waals surface area contributed by atoms with Crippen LogP contribution in [0.4, 0.5) is 10.5 Å². The van der Waals surface area contributed by atoms with Crippen LogP contribution in [-0.4, -0.2) is 44.7 Å². The number of carbonyl (C=O) groups is 2. The fraction of sp³-hybridized carbons (Fsp3) is 0.722. The van der Waals surface area contributed by atoms with Gasteiger partial charge in [-0.25, -0.2) is 4.79 Å². The minimum absolute atomic E-state index is 0.0292. The number of aromatic nitrogens is 2. The Morgan fingerprint density at radius 2 is 1.92 bits per heavy atom. The Morgan fingerprint density at radius 1 is 1.24 bits per heavy atom. The molecule has 7 nitrogen and oxygen atoms in total. The molecular formula is C18H29N5O2. The maximum Gasteiger partial charge on any atom is 0.322 e. The van der Waals surface area contributed by atoms with Gasteiger partial charge in [0.1, 0.15) is 6.54 Å². The molecule has 1 saturated heterocycles. The standard InChI is InChI=1S/C18H29N5O2/c1-17(2)12-23(18(17,3)4)16(25)21-14-9-19-22(10-14)11-15(24)20-13-7-5-6-8-13/h9-10,13H,5-8,11-12H2,1-4H3,(H,20,24)(H,21,25). The van der Waals surface area contributed by atoms with Crippen LogP contribution in [0.5, 0.6) is 0 Å². The van der Waals surface area contributed by atoms with Gasteiger partial charge >= 0.3 is 6.03 Å². The first-order valence-electron chi connectivity index (χ1n) is 9.09. The summed E-state index contributed by atoms with van der Waals surface area (Å²) in [4.78, 5) is 26.3. The Balaban J connectivity index is 1.51. The first-order chi connectivity index (χ1) is 11.7. The molecular weight excluding hydrogens is 318 g/mol. The Hall–Kier alpha value is -2.05. The predicted octanol–water partition coefficient (Wildman–Crippen LogP) is 2.59. The van der Waals surface area contributed by atoms with Crippen molar-refractivity contribution in [3.05, 3.63) is 12.4 Å². The number of likely N-dealkylation sites (tertiary alicyclic amines) is 1. The largest absolute Gasteiger partial charge is 0.352 e.